The number of halogens is 2. The van der Waals surface area contributed by atoms with Crippen molar-refractivity contribution in [3.8, 4) is 5.69 Å². The van der Waals surface area contributed by atoms with Gasteiger partial charge in [0.15, 0.2) is 0 Å². The maximum Gasteiger partial charge on any atom is 0.337 e. The molecule has 0 amide bonds. The molecular formula is C11H10Cl2N4O2. The number of benzene rings is 1. The van der Waals surface area contributed by atoms with Crippen molar-refractivity contribution in [2.24, 2.45) is 7.05 Å². The van der Waals surface area contributed by atoms with E-state index < -0.39 is 11.2 Å². The number of rotatable bonds is 1. The smallest absolute Gasteiger partial charge is 0.337 e. The minimum atomic E-state index is -0.649. The van der Waals surface area contributed by atoms with Crippen molar-refractivity contribution in [1.29, 1.82) is 0 Å². The van der Waals surface area contributed by atoms with Crippen LogP contribution in [0.3, 0.4) is 0 Å². The minimum absolute atomic E-state index is 0.155. The van der Waals surface area contributed by atoms with Gasteiger partial charge in [0, 0.05) is 12.1 Å². The Hall–Kier alpha value is -1.92. The molecule has 0 bridgehead atoms. The molecular weight excluding hydrogens is 291 g/mol. The van der Waals surface area contributed by atoms with Crippen LogP contribution in [-0.4, -0.2) is 9.13 Å². The van der Waals surface area contributed by atoms with Crippen LogP contribution >= 0.6 is 23.2 Å². The summed E-state index contributed by atoms with van der Waals surface area (Å²) in [4.78, 5) is 23.7. The Kier molecular flexibility index (Phi) is 3.30. The van der Waals surface area contributed by atoms with Crippen LogP contribution in [0.5, 0.6) is 0 Å². The van der Waals surface area contributed by atoms with Gasteiger partial charge in [0.05, 0.1) is 10.7 Å². The molecule has 2 aromatic rings. The van der Waals surface area contributed by atoms with Crippen molar-refractivity contribution in [3.05, 3.63) is 49.1 Å². The van der Waals surface area contributed by atoms with Gasteiger partial charge < -0.3 is 11.5 Å². The second-order valence-corrected chi connectivity index (χ2v) is 4.72. The highest BCUT2D eigenvalue weighted by molar-refractivity contribution is 6.35. The zero-order valence-electron chi connectivity index (χ0n) is 9.85. The molecule has 19 heavy (non-hydrogen) atoms. The fourth-order valence-corrected chi connectivity index (χ4v) is 2.14. The number of nitrogen functional groups attached to an aromatic ring is 2. The maximum atomic E-state index is 12.1. The first-order valence-electron chi connectivity index (χ1n) is 5.17. The standard InChI is InChI=1S/C11H10Cl2N4O2/c1-16-10(18)8(14)9(15)17(11(16)19)7-3-2-5(12)4-6(7)13/h2-4H,14-15H2,1H3. The van der Waals surface area contributed by atoms with Crippen LogP contribution in [-0.2, 0) is 7.05 Å². The van der Waals surface area contributed by atoms with Crippen LogP contribution in [0.1, 0.15) is 0 Å². The Balaban J connectivity index is 2.91. The average Bonchev–Trinajstić information content (AvgIpc) is 2.37. The summed E-state index contributed by atoms with van der Waals surface area (Å²) in [6, 6.07) is 4.54. The lowest BCUT2D eigenvalue weighted by Crippen LogP contribution is -2.40. The van der Waals surface area contributed by atoms with Crippen molar-refractivity contribution in [2.45, 2.75) is 0 Å². The first-order valence-corrected chi connectivity index (χ1v) is 5.92. The Bertz CT molecular complexity index is 779. The molecule has 0 radical (unpaired) electrons. The summed E-state index contributed by atoms with van der Waals surface area (Å²) in [5, 5.41) is 0.637. The van der Waals surface area contributed by atoms with E-state index in [2.05, 4.69) is 0 Å². The molecule has 1 aromatic carbocycles. The monoisotopic (exact) mass is 300 g/mol. The van der Waals surface area contributed by atoms with E-state index in [0.29, 0.717) is 10.7 Å². The predicted octanol–water partition coefficient (Wildman–Crippen LogP) is 1.01. The van der Waals surface area contributed by atoms with Gasteiger partial charge in [0.25, 0.3) is 5.56 Å². The summed E-state index contributed by atoms with van der Waals surface area (Å²) < 4.78 is 1.92. The van der Waals surface area contributed by atoms with E-state index in [1.807, 2.05) is 0 Å². The van der Waals surface area contributed by atoms with E-state index in [0.717, 1.165) is 9.13 Å². The minimum Gasteiger partial charge on any atom is -0.391 e. The normalized spacial score (nSPS) is 10.7. The van der Waals surface area contributed by atoms with Gasteiger partial charge in [0.1, 0.15) is 11.5 Å². The lowest BCUT2D eigenvalue weighted by Gasteiger charge is -2.14. The molecule has 0 aliphatic carbocycles. The molecule has 0 fully saturated rings. The topological polar surface area (TPSA) is 96.0 Å². The summed E-state index contributed by atoms with van der Waals surface area (Å²) in [6.45, 7) is 0. The zero-order valence-corrected chi connectivity index (χ0v) is 11.4. The molecule has 0 saturated heterocycles. The first-order chi connectivity index (χ1) is 8.84. The quantitative estimate of drug-likeness (QED) is 0.821. The highest BCUT2D eigenvalue weighted by Crippen LogP contribution is 2.25. The summed E-state index contributed by atoms with van der Waals surface area (Å²) in [7, 11) is 1.31. The summed E-state index contributed by atoms with van der Waals surface area (Å²) in [6.07, 6.45) is 0. The van der Waals surface area contributed by atoms with Crippen LogP contribution in [0.15, 0.2) is 27.8 Å². The Labute approximate surface area is 117 Å². The summed E-state index contributed by atoms with van der Waals surface area (Å²) in [5.41, 5.74) is 10.1. The van der Waals surface area contributed by atoms with E-state index in [-0.39, 0.29) is 16.5 Å². The zero-order chi connectivity index (χ0) is 14.3. The molecule has 2 rings (SSSR count). The summed E-state index contributed by atoms with van der Waals surface area (Å²) >= 11 is 11.8. The lowest BCUT2D eigenvalue weighted by atomic mass is 10.3. The SMILES string of the molecule is Cn1c(=O)c(N)c(N)n(-c2ccc(Cl)cc2Cl)c1=O. The van der Waals surface area contributed by atoms with Gasteiger partial charge in [-0.1, -0.05) is 23.2 Å². The van der Waals surface area contributed by atoms with Gasteiger partial charge in [0.2, 0.25) is 0 Å². The molecule has 4 N–H and O–H groups in total. The molecule has 1 aromatic heterocycles. The molecule has 0 aliphatic heterocycles. The Morgan fingerprint density at radius 3 is 2.37 bits per heavy atom. The average molecular weight is 301 g/mol. The number of nitrogens with two attached hydrogens (primary N) is 2. The third-order valence-electron chi connectivity index (χ3n) is 2.68. The second-order valence-electron chi connectivity index (χ2n) is 3.88. The highest BCUT2D eigenvalue weighted by atomic mass is 35.5. The van der Waals surface area contributed by atoms with Crippen molar-refractivity contribution >= 4 is 34.7 Å². The maximum absolute atomic E-state index is 12.1. The molecule has 8 heteroatoms. The molecule has 0 aliphatic rings. The van der Waals surface area contributed by atoms with E-state index in [1.54, 1.807) is 6.07 Å². The van der Waals surface area contributed by atoms with Crippen LogP contribution in [0.4, 0.5) is 11.5 Å². The van der Waals surface area contributed by atoms with Crippen molar-refractivity contribution < 1.29 is 0 Å². The highest BCUT2D eigenvalue weighted by Gasteiger charge is 2.16. The fraction of sp³-hybridized carbons (Fsp3) is 0.0909. The van der Waals surface area contributed by atoms with Crippen LogP contribution in [0.25, 0.3) is 5.69 Å². The van der Waals surface area contributed by atoms with Crippen molar-refractivity contribution in [2.75, 3.05) is 11.5 Å². The second kappa shape index (κ2) is 4.64. The van der Waals surface area contributed by atoms with Crippen molar-refractivity contribution in [3.63, 3.8) is 0 Å². The Morgan fingerprint density at radius 2 is 1.79 bits per heavy atom. The van der Waals surface area contributed by atoms with Gasteiger partial charge in [-0.15, -0.1) is 0 Å². The number of hydrogen-bond donors (Lipinski definition) is 2. The van der Waals surface area contributed by atoms with Crippen LogP contribution in [0, 0.1) is 0 Å². The third-order valence-corrected chi connectivity index (χ3v) is 3.22. The van der Waals surface area contributed by atoms with Gasteiger partial charge >= 0.3 is 5.69 Å². The van der Waals surface area contributed by atoms with E-state index in [9.17, 15) is 9.59 Å². The van der Waals surface area contributed by atoms with Crippen LogP contribution in [0.2, 0.25) is 10.0 Å². The molecule has 1 heterocycles. The molecule has 0 saturated carbocycles. The molecule has 0 spiro atoms. The fourth-order valence-electron chi connectivity index (χ4n) is 1.65. The molecule has 100 valence electrons. The molecule has 0 unspecified atom stereocenters. The first kappa shape index (κ1) is 13.5. The molecule has 6 nitrogen and oxygen atoms in total. The number of hydrogen-bond acceptors (Lipinski definition) is 4. The Morgan fingerprint density at radius 1 is 1.16 bits per heavy atom. The van der Waals surface area contributed by atoms with E-state index in [4.69, 9.17) is 34.7 Å². The predicted molar refractivity (Wildman–Crippen MR) is 76.1 cm³/mol. The van der Waals surface area contributed by atoms with E-state index >= 15 is 0 Å². The largest absolute Gasteiger partial charge is 0.391 e. The van der Waals surface area contributed by atoms with Gasteiger partial charge in [-0.25, -0.2) is 9.36 Å². The lowest BCUT2D eigenvalue weighted by molar-refractivity contribution is 0.739. The summed E-state index contributed by atoms with van der Waals surface area (Å²) in [5.74, 6) is -0.155. The number of nitrogens with zero attached hydrogens (tertiary/aromatic N) is 2. The van der Waals surface area contributed by atoms with E-state index in [1.165, 1.54) is 19.2 Å². The van der Waals surface area contributed by atoms with Gasteiger partial charge in [-0.2, -0.15) is 0 Å². The van der Waals surface area contributed by atoms with Gasteiger partial charge in [-0.05, 0) is 18.2 Å². The number of anilines is 2. The number of aromatic nitrogens is 2. The third kappa shape index (κ3) is 2.09. The molecule has 0 atom stereocenters. The van der Waals surface area contributed by atoms with Crippen molar-refractivity contribution in [1.82, 2.24) is 9.13 Å². The van der Waals surface area contributed by atoms with Crippen LogP contribution < -0.4 is 22.7 Å². The van der Waals surface area contributed by atoms with Gasteiger partial charge in [-0.3, -0.25) is 9.36 Å².